The molecule has 0 saturated heterocycles. The summed E-state index contributed by atoms with van der Waals surface area (Å²) in [5, 5.41) is 47.0. The van der Waals surface area contributed by atoms with E-state index < -0.39 is 0 Å². The van der Waals surface area contributed by atoms with Gasteiger partial charge in [0.2, 0.25) is 17.6 Å². The maximum Gasteiger partial charge on any atom is 0.242 e. The van der Waals surface area contributed by atoms with Gasteiger partial charge in [-0.3, -0.25) is 14.0 Å². The van der Waals surface area contributed by atoms with E-state index in [0.717, 1.165) is 179 Å². The van der Waals surface area contributed by atoms with E-state index >= 15 is 0 Å². The second kappa shape index (κ2) is 37.0. The number of anilines is 3. The number of alkyl halides is 1. The Morgan fingerprint density at radius 2 is 0.805 bits per heavy atom. The van der Waals surface area contributed by atoms with Crippen LogP contribution in [0, 0.1) is 20.8 Å². The third-order valence-corrected chi connectivity index (χ3v) is 20.1. The summed E-state index contributed by atoms with van der Waals surface area (Å²) in [4.78, 5) is 30.3. The van der Waals surface area contributed by atoms with E-state index in [-0.39, 0.29) is 18.1 Å². The van der Waals surface area contributed by atoms with Crippen LogP contribution in [0.15, 0.2) is 191 Å². The highest BCUT2D eigenvalue weighted by Crippen LogP contribution is 2.41. The van der Waals surface area contributed by atoms with E-state index in [9.17, 15) is 0 Å². The molecule has 2 N–H and O–H groups in total. The number of hydrogen-bond acceptors (Lipinski definition) is 26. The minimum atomic E-state index is 0.121. The van der Waals surface area contributed by atoms with Gasteiger partial charge >= 0.3 is 0 Å². The molecule has 0 atom stereocenters. The summed E-state index contributed by atoms with van der Waals surface area (Å²) in [6.07, 6.45) is 9.39. The van der Waals surface area contributed by atoms with Gasteiger partial charge in [-0.25, -0.2) is 29.9 Å². The number of oxazole rings is 3. The molecule has 0 amide bonds. The van der Waals surface area contributed by atoms with Crippen LogP contribution in [-0.4, -0.2) is 124 Å². The van der Waals surface area contributed by atoms with E-state index in [4.69, 9.17) is 67.2 Å². The van der Waals surface area contributed by atoms with Crippen molar-refractivity contribution in [2.75, 3.05) is 49.6 Å². The van der Waals surface area contributed by atoms with Crippen LogP contribution in [-0.2, 0) is 31.5 Å². The van der Waals surface area contributed by atoms with Crippen molar-refractivity contribution in [1.82, 2.24) is 89.8 Å². The summed E-state index contributed by atoms with van der Waals surface area (Å²) in [5.41, 5.74) is 26.0. The number of hydrogen-bond donors (Lipinski definition) is 2. The molecule has 0 bridgehead atoms. The molecule has 12 aromatic heterocycles. The Labute approximate surface area is 689 Å². The largest absolute Gasteiger partial charge is 0.497 e. The fourth-order valence-corrected chi connectivity index (χ4v) is 14.3. The van der Waals surface area contributed by atoms with Gasteiger partial charge in [0.25, 0.3) is 0 Å². The quantitative estimate of drug-likeness (QED) is 0.0476. The SMILES string of the molecule is BrCc1cccc2ocnc12.CCOc1nnccc1-c1cc(N(Cc2ccc(OC)cc2)Cc2cccc3ocnc23)c2c(n1)c(C)nn2C(C)C.CCOc1nnccc1-c1cc(NCc2ccc(OC)cc2)c2c(n1)c(C)nn2C(C)C.CCOc1nnccc1-c1cc(NCc2cccc3ocnc23)c2c(n1)c(C)nn2C(C)C. The zero-order valence-electron chi connectivity index (χ0n) is 68.3. The summed E-state index contributed by atoms with van der Waals surface area (Å²) in [6, 6.07) is 46.3. The zero-order valence-corrected chi connectivity index (χ0v) is 69.9. The number of halogens is 1. The molecule has 118 heavy (non-hydrogen) atoms. The summed E-state index contributed by atoms with van der Waals surface area (Å²) in [7, 11) is 3.34. The lowest BCUT2D eigenvalue weighted by Crippen LogP contribution is -2.24. The Balaban J connectivity index is 0.000000137. The first kappa shape index (κ1) is 81.1. The topological polar surface area (TPSA) is 321 Å². The van der Waals surface area contributed by atoms with Crippen LogP contribution in [0.3, 0.4) is 0 Å². The van der Waals surface area contributed by atoms with Crippen molar-refractivity contribution in [3.05, 3.63) is 222 Å². The highest BCUT2D eigenvalue weighted by atomic mass is 79.9. The van der Waals surface area contributed by atoms with Gasteiger partial charge in [0.15, 0.2) is 35.9 Å². The lowest BCUT2D eigenvalue weighted by Gasteiger charge is -2.27. The number of benzene rings is 5. The fourth-order valence-electron chi connectivity index (χ4n) is 13.9. The third-order valence-electron chi connectivity index (χ3n) is 19.5. The molecule has 0 aliphatic heterocycles. The molecule has 17 aromatic rings. The van der Waals surface area contributed by atoms with Crippen molar-refractivity contribution in [3.63, 3.8) is 0 Å². The van der Waals surface area contributed by atoms with E-state index in [1.54, 1.807) is 32.8 Å². The van der Waals surface area contributed by atoms with Crippen LogP contribution in [0.5, 0.6) is 29.1 Å². The van der Waals surface area contributed by atoms with Crippen LogP contribution in [0.2, 0.25) is 0 Å². The minimum absolute atomic E-state index is 0.121. The summed E-state index contributed by atoms with van der Waals surface area (Å²) < 4.78 is 50.3. The van der Waals surface area contributed by atoms with Crippen molar-refractivity contribution in [2.45, 2.75) is 133 Å². The molecule has 0 spiro atoms. The molecule has 12 heterocycles. The minimum Gasteiger partial charge on any atom is -0.497 e. The highest BCUT2D eigenvalue weighted by molar-refractivity contribution is 9.08. The number of ether oxygens (including phenoxy) is 5. The van der Waals surface area contributed by atoms with Crippen molar-refractivity contribution < 1.29 is 36.9 Å². The van der Waals surface area contributed by atoms with E-state index in [0.29, 0.717) is 63.6 Å². The molecular weight excluding hydrogens is 1560 g/mol. The smallest absolute Gasteiger partial charge is 0.242 e. The summed E-state index contributed by atoms with van der Waals surface area (Å²) in [5.74, 6) is 3.02. The van der Waals surface area contributed by atoms with Gasteiger partial charge in [-0.15, -0.1) is 15.3 Å². The molecule has 0 saturated carbocycles. The monoisotopic (exact) mass is 1650 g/mol. The normalized spacial score (nSPS) is 11.3. The molecule has 0 unspecified atom stereocenters. The van der Waals surface area contributed by atoms with Gasteiger partial charge in [0.1, 0.15) is 61.1 Å². The fraction of sp³-hybridized carbons (Fsp3) is 0.284. The number of aryl methyl sites for hydroxylation is 3. The lowest BCUT2D eigenvalue weighted by molar-refractivity contribution is 0.324. The average molecular weight is 1650 g/mol. The van der Waals surface area contributed by atoms with Crippen LogP contribution in [0.1, 0.15) is 125 Å². The van der Waals surface area contributed by atoms with Gasteiger partial charge in [-0.2, -0.15) is 30.6 Å². The first-order chi connectivity index (χ1) is 57.5. The molecule has 604 valence electrons. The van der Waals surface area contributed by atoms with Crippen LogP contribution in [0.25, 0.3) is 100 Å². The Morgan fingerprint density at radius 1 is 0.424 bits per heavy atom. The average Bonchev–Trinajstić information content (AvgIpc) is 1.58. The highest BCUT2D eigenvalue weighted by Gasteiger charge is 2.27. The molecule has 0 aliphatic carbocycles. The van der Waals surface area contributed by atoms with Gasteiger partial charge in [0.05, 0.1) is 121 Å². The van der Waals surface area contributed by atoms with Crippen molar-refractivity contribution in [3.8, 4) is 62.9 Å². The first-order valence-corrected chi connectivity index (χ1v) is 40.1. The number of aromatic nitrogens is 18. The molecular formula is C88H92BrN21O8. The van der Waals surface area contributed by atoms with Gasteiger partial charge in [-0.05, 0) is 179 Å². The first-order valence-electron chi connectivity index (χ1n) is 39.0. The summed E-state index contributed by atoms with van der Waals surface area (Å²) in [6.45, 7) is 28.3. The van der Waals surface area contributed by atoms with Crippen LogP contribution in [0.4, 0.5) is 17.1 Å². The predicted molar refractivity (Wildman–Crippen MR) is 460 cm³/mol. The van der Waals surface area contributed by atoms with E-state index in [1.807, 2.05) is 154 Å². The maximum absolute atomic E-state index is 5.85. The number of rotatable bonds is 26. The van der Waals surface area contributed by atoms with Gasteiger partial charge < -0.3 is 52.5 Å². The number of nitrogens with one attached hydrogen (secondary N) is 2. The molecule has 29 nitrogen and oxygen atoms in total. The Hall–Kier alpha value is -13.5. The number of methoxy groups -OCH3 is 2. The van der Waals surface area contributed by atoms with Crippen molar-refractivity contribution >= 4 is 99.4 Å². The van der Waals surface area contributed by atoms with Crippen molar-refractivity contribution in [2.24, 2.45) is 0 Å². The standard InChI is InChI=1S/C32H33N7O3.C24H25N7O2.C24H28N6O2.C8H6BrNO/c1-6-41-32-25(14-15-34-36-32)26-16-27(31-29(35-26)21(4)37-39(31)20(2)3)38(17-22-10-12-24(40-5)13-11-22)18-23-8-7-9-28-30(23)33-19-42-28;1-5-32-24-17(9-10-27-29-24)18-11-19(23-21(28-18)15(4)30-31(23)14(2)3)25-12-16-7-6-8-20-22(16)26-13-33-20;1-6-32-24-19(11-12-26-28-24)20-13-21(25-14-17-7-9-18(31-5)10-8-17)23-22(27-20)16(4)29-30(23)15(2)3;9-4-6-2-1-3-7-8(6)10-5-11-7/h7-16,19-20H,6,17-18H2,1-5H3;6-11,13-14H,5,12H2,1-4H3,(H,25,28);7-13,15H,6,14H2,1-5H3,(H,25,27);1-3,5H,4H2. The zero-order chi connectivity index (χ0) is 82.5. The Morgan fingerprint density at radius 3 is 1.23 bits per heavy atom. The second-order valence-electron chi connectivity index (χ2n) is 28.4. The third kappa shape index (κ3) is 17.7. The number of fused-ring (bicyclic) bond motifs is 6. The summed E-state index contributed by atoms with van der Waals surface area (Å²) >= 11 is 3.38. The number of pyridine rings is 3. The molecule has 30 heteroatoms. The maximum atomic E-state index is 5.85. The predicted octanol–water partition coefficient (Wildman–Crippen LogP) is 19.0. The Bertz CT molecular complexity index is 6290. The van der Waals surface area contributed by atoms with Gasteiger partial charge in [-0.1, -0.05) is 76.6 Å². The molecule has 0 radical (unpaired) electrons. The Kier molecular flexibility index (Phi) is 25.4. The van der Waals surface area contributed by atoms with Crippen LogP contribution >= 0.6 is 15.9 Å². The lowest BCUT2D eigenvalue weighted by atomic mass is 10.1. The number of para-hydroxylation sites is 3. The molecule has 5 aromatic carbocycles. The van der Waals surface area contributed by atoms with Gasteiger partial charge in [0, 0.05) is 60.8 Å². The van der Waals surface area contributed by atoms with Crippen molar-refractivity contribution in [1.29, 1.82) is 0 Å². The number of nitrogens with zero attached hydrogens (tertiary/aromatic N) is 19. The molecule has 17 rings (SSSR count). The van der Waals surface area contributed by atoms with E-state index in [2.05, 4.69) is 160 Å². The molecule has 0 fully saturated rings. The van der Waals surface area contributed by atoms with Crippen LogP contribution < -0.4 is 39.2 Å². The second-order valence-corrected chi connectivity index (χ2v) is 29.0. The van der Waals surface area contributed by atoms with E-state index in [1.165, 1.54) is 19.2 Å². The molecule has 0 aliphatic rings.